The van der Waals surface area contributed by atoms with Crippen LogP contribution in [-0.4, -0.2) is 48.2 Å². The minimum absolute atomic E-state index is 0.0294. The van der Waals surface area contributed by atoms with Gasteiger partial charge in [0.2, 0.25) is 5.95 Å². The summed E-state index contributed by atoms with van der Waals surface area (Å²) >= 11 is 6.25. The molecule has 1 fully saturated rings. The molecule has 0 amide bonds. The Hall–Kier alpha value is -3.63. The van der Waals surface area contributed by atoms with Gasteiger partial charge in [-0.25, -0.2) is 4.98 Å². The van der Waals surface area contributed by atoms with E-state index in [2.05, 4.69) is 30.8 Å². The van der Waals surface area contributed by atoms with Crippen molar-refractivity contribution in [2.45, 2.75) is 6.54 Å². The predicted molar refractivity (Wildman–Crippen MR) is 129 cm³/mol. The highest BCUT2D eigenvalue weighted by Gasteiger charge is 2.14. The van der Waals surface area contributed by atoms with Crippen LogP contribution in [-0.2, 0) is 6.54 Å². The largest absolute Gasteiger partial charge is 0.494 e. The molecule has 4 rings (SSSR count). The van der Waals surface area contributed by atoms with Gasteiger partial charge in [-0.15, -0.1) is 0 Å². The molecule has 0 saturated carbocycles. The molecule has 2 heterocycles. The number of nitro groups is 1. The molecule has 11 heteroatoms. The van der Waals surface area contributed by atoms with Gasteiger partial charge in [0.05, 0.1) is 23.9 Å². The monoisotopic (exact) mass is 469 g/mol. The van der Waals surface area contributed by atoms with Gasteiger partial charge in [0.1, 0.15) is 10.8 Å². The Morgan fingerprint density at radius 2 is 2.06 bits per heavy atom. The number of halogens is 1. The average molecular weight is 470 g/mol. The molecule has 33 heavy (non-hydrogen) atoms. The molecule has 1 saturated heterocycles. The summed E-state index contributed by atoms with van der Waals surface area (Å²) in [6.45, 7) is 4.10. The number of rotatable bonds is 8. The number of nitrogens with zero attached hydrogens (tertiary/aromatic N) is 4. The van der Waals surface area contributed by atoms with Crippen molar-refractivity contribution >= 4 is 40.4 Å². The number of hydrogen-bond donors (Lipinski definition) is 3. The van der Waals surface area contributed by atoms with Crippen LogP contribution >= 0.6 is 11.6 Å². The van der Waals surface area contributed by atoms with Crippen LogP contribution in [0.4, 0.5) is 28.8 Å². The maximum absolute atomic E-state index is 11.0. The summed E-state index contributed by atoms with van der Waals surface area (Å²) in [4.78, 5) is 21.6. The van der Waals surface area contributed by atoms with E-state index in [1.165, 1.54) is 18.3 Å². The summed E-state index contributed by atoms with van der Waals surface area (Å²) in [5.41, 5.74) is 2.58. The van der Waals surface area contributed by atoms with Gasteiger partial charge in [-0.2, -0.15) is 4.98 Å². The van der Waals surface area contributed by atoms with E-state index in [-0.39, 0.29) is 5.69 Å². The third-order valence-corrected chi connectivity index (χ3v) is 5.52. The van der Waals surface area contributed by atoms with Crippen molar-refractivity contribution in [3.8, 4) is 5.75 Å². The lowest BCUT2D eigenvalue weighted by Gasteiger charge is -2.30. The van der Waals surface area contributed by atoms with Gasteiger partial charge in [-0.05, 0) is 17.7 Å². The summed E-state index contributed by atoms with van der Waals surface area (Å²) < 4.78 is 5.58. The highest BCUT2D eigenvalue weighted by molar-refractivity contribution is 6.32. The molecule has 3 N–H and O–H groups in total. The Bertz CT molecular complexity index is 1140. The van der Waals surface area contributed by atoms with Gasteiger partial charge in [0.25, 0.3) is 5.69 Å². The number of benzene rings is 2. The number of nitrogens with one attached hydrogen (secondary N) is 3. The first-order valence-electron chi connectivity index (χ1n) is 10.4. The number of piperazine rings is 1. The third-order valence-electron chi connectivity index (χ3n) is 5.24. The van der Waals surface area contributed by atoms with Crippen molar-refractivity contribution in [3.05, 3.63) is 69.4 Å². The van der Waals surface area contributed by atoms with Gasteiger partial charge in [0, 0.05) is 56.6 Å². The van der Waals surface area contributed by atoms with Gasteiger partial charge in [-0.3, -0.25) is 10.1 Å². The first-order chi connectivity index (χ1) is 16.0. The smallest absolute Gasteiger partial charge is 0.269 e. The van der Waals surface area contributed by atoms with E-state index in [0.717, 1.165) is 43.1 Å². The lowest BCUT2D eigenvalue weighted by atomic mass is 10.2. The molecular weight excluding hydrogens is 446 g/mol. The van der Waals surface area contributed by atoms with Crippen molar-refractivity contribution < 1.29 is 9.66 Å². The molecule has 1 aliphatic rings. The van der Waals surface area contributed by atoms with E-state index in [4.69, 9.17) is 16.3 Å². The molecule has 1 aromatic heterocycles. The second-order valence-corrected chi connectivity index (χ2v) is 7.82. The highest BCUT2D eigenvalue weighted by Crippen LogP contribution is 2.32. The minimum Gasteiger partial charge on any atom is -0.494 e. The van der Waals surface area contributed by atoms with Crippen LogP contribution in [0, 0.1) is 10.1 Å². The van der Waals surface area contributed by atoms with E-state index in [1.807, 2.05) is 18.2 Å². The quantitative estimate of drug-likeness (QED) is 0.334. The summed E-state index contributed by atoms with van der Waals surface area (Å²) in [6.07, 6.45) is 1.49. The molecule has 0 aliphatic carbocycles. The molecule has 3 aromatic rings. The van der Waals surface area contributed by atoms with Gasteiger partial charge < -0.3 is 25.6 Å². The maximum atomic E-state index is 11.0. The normalized spacial score (nSPS) is 13.5. The molecule has 0 bridgehead atoms. The fourth-order valence-electron chi connectivity index (χ4n) is 3.54. The zero-order chi connectivity index (χ0) is 23.2. The zero-order valence-electron chi connectivity index (χ0n) is 18.0. The molecule has 10 nitrogen and oxygen atoms in total. The van der Waals surface area contributed by atoms with Crippen LogP contribution in [0.2, 0.25) is 5.02 Å². The van der Waals surface area contributed by atoms with Crippen molar-refractivity contribution in [1.29, 1.82) is 0 Å². The number of aromatic nitrogens is 2. The molecule has 0 atom stereocenters. The lowest BCUT2D eigenvalue weighted by Crippen LogP contribution is -2.43. The Labute approximate surface area is 196 Å². The fraction of sp³-hybridized carbons (Fsp3) is 0.273. The minimum atomic E-state index is -0.427. The van der Waals surface area contributed by atoms with E-state index in [1.54, 1.807) is 19.2 Å². The number of anilines is 4. The third kappa shape index (κ3) is 5.60. The van der Waals surface area contributed by atoms with Crippen LogP contribution in [0.25, 0.3) is 0 Å². The summed E-state index contributed by atoms with van der Waals surface area (Å²) in [7, 11) is 1.62. The first kappa shape index (κ1) is 22.6. The number of ether oxygens (including phenoxy) is 1. The molecular formula is C22H24ClN7O3. The number of hydrogen-bond acceptors (Lipinski definition) is 9. The Morgan fingerprint density at radius 1 is 1.24 bits per heavy atom. The second-order valence-electron chi connectivity index (χ2n) is 7.42. The summed E-state index contributed by atoms with van der Waals surface area (Å²) in [6, 6.07) is 12.3. The molecule has 0 radical (unpaired) electrons. The van der Waals surface area contributed by atoms with E-state index < -0.39 is 4.92 Å². The van der Waals surface area contributed by atoms with Crippen LogP contribution in [0.15, 0.2) is 48.7 Å². The van der Waals surface area contributed by atoms with Crippen LogP contribution < -0.4 is 25.6 Å². The SMILES string of the molecule is COc1cc(N2CCNCC2)ccc1Nc1ncc(Cl)c(NCc2cccc([N+](=O)[O-])c2)n1. The van der Waals surface area contributed by atoms with Gasteiger partial charge in [0.15, 0.2) is 5.82 Å². The Morgan fingerprint density at radius 3 is 2.82 bits per heavy atom. The maximum Gasteiger partial charge on any atom is 0.269 e. The van der Waals surface area contributed by atoms with Crippen molar-refractivity contribution in [3.63, 3.8) is 0 Å². The summed E-state index contributed by atoms with van der Waals surface area (Å²) in [5.74, 6) is 1.43. The topological polar surface area (TPSA) is 117 Å². The molecule has 0 unspecified atom stereocenters. The molecule has 1 aliphatic heterocycles. The van der Waals surface area contributed by atoms with E-state index >= 15 is 0 Å². The molecule has 172 valence electrons. The zero-order valence-corrected chi connectivity index (χ0v) is 18.8. The van der Waals surface area contributed by atoms with Gasteiger partial charge >= 0.3 is 0 Å². The standard InChI is InChI=1S/C22H24ClN7O3/c1-33-20-12-16(29-9-7-24-8-10-29)5-6-19(20)27-22-26-14-18(23)21(28-22)25-13-15-3-2-4-17(11-15)30(31)32/h2-6,11-12,14,24H,7-10,13H2,1H3,(H2,25,26,27,28). The van der Waals surface area contributed by atoms with Crippen molar-refractivity contribution in [2.24, 2.45) is 0 Å². The molecule has 2 aromatic carbocycles. The van der Waals surface area contributed by atoms with Crippen LogP contribution in [0.3, 0.4) is 0 Å². The van der Waals surface area contributed by atoms with Crippen LogP contribution in [0.5, 0.6) is 5.75 Å². The summed E-state index contributed by atoms with van der Waals surface area (Å²) in [5, 5.41) is 21.0. The Kier molecular flexibility index (Phi) is 7.06. The van der Waals surface area contributed by atoms with Gasteiger partial charge in [-0.1, -0.05) is 23.7 Å². The second kappa shape index (κ2) is 10.3. The Balaban J connectivity index is 1.48. The number of non-ortho nitro benzene ring substituents is 1. The van der Waals surface area contributed by atoms with E-state index in [0.29, 0.717) is 29.1 Å². The van der Waals surface area contributed by atoms with E-state index in [9.17, 15) is 10.1 Å². The number of nitro benzene ring substituents is 1. The molecule has 0 spiro atoms. The fourth-order valence-corrected chi connectivity index (χ4v) is 3.70. The average Bonchev–Trinajstić information content (AvgIpc) is 2.85. The van der Waals surface area contributed by atoms with Crippen molar-refractivity contribution in [2.75, 3.05) is 48.8 Å². The first-order valence-corrected chi connectivity index (χ1v) is 10.8. The lowest BCUT2D eigenvalue weighted by molar-refractivity contribution is -0.384. The van der Waals surface area contributed by atoms with Crippen molar-refractivity contribution in [1.82, 2.24) is 15.3 Å². The van der Waals surface area contributed by atoms with Crippen LogP contribution in [0.1, 0.15) is 5.56 Å². The highest BCUT2D eigenvalue weighted by atomic mass is 35.5. The predicted octanol–water partition coefficient (Wildman–Crippen LogP) is 3.81. The number of methoxy groups -OCH3 is 1.